The number of halogens is 4. The Hall–Kier alpha value is -2.39. The van der Waals surface area contributed by atoms with Gasteiger partial charge in [0.25, 0.3) is 0 Å². The molecular weight excluding hydrogens is 391 g/mol. The number of benzene rings is 1. The van der Waals surface area contributed by atoms with E-state index >= 15 is 0 Å². The Morgan fingerprint density at radius 3 is 2.69 bits per heavy atom. The van der Waals surface area contributed by atoms with Gasteiger partial charge in [-0.2, -0.15) is 13.2 Å². The van der Waals surface area contributed by atoms with Gasteiger partial charge in [-0.25, -0.2) is 14.8 Å². The van der Waals surface area contributed by atoms with E-state index in [1.54, 1.807) is 6.92 Å². The molecule has 0 bridgehead atoms. The maximum Gasteiger partial charge on any atom is 0.417 e. The molecule has 3 rings (SSSR count). The van der Waals surface area contributed by atoms with Gasteiger partial charge in [0.15, 0.2) is 0 Å². The molecule has 10 heteroatoms. The smallest absolute Gasteiger partial charge is 0.417 e. The topological polar surface area (TPSA) is 64.1 Å². The van der Waals surface area contributed by atoms with Crippen molar-refractivity contribution in [1.82, 2.24) is 9.97 Å². The third kappa shape index (κ3) is 3.32. The molecule has 1 aromatic carbocycles. The maximum absolute atomic E-state index is 13.0. The highest BCUT2D eigenvalue weighted by molar-refractivity contribution is 7.20. The summed E-state index contributed by atoms with van der Waals surface area (Å²) >= 11 is 6.76. The number of anilines is 2. The van der Waals surface area contributed by atoms with Crippen LogP contribution in [0.4, 0.5) is 24.7 Å². The fourth-order valence-electron chi connectivity index (χ4n) is 2.41. The van der Waals surface area contributed by atoms with E-state index in [0.29, 0.717) is 20.7 Å². The summed E-state index contributed by atoms with van der Waals surface area (Å²) in [5.41, 5.74) is -0.205. The third-order valence-electron chi connectivity index (χ3n) is 3.63. The molecule has 0 fully saturated rings. The largest absolute Gasteiger partial charge is 0.465 e. The first-order valence-corrected chi connectivity index (χ1v) is 8.38. The van der Waals surface area contributed by atoms with Crippen LogP contribution in [0, 0.1) is 6.92 Å². The second-order valence-electron chi connectivity index (χ2n) is 5.27. The number of hydrogen-bond acceptors (Lipinski definition) is 6. The van der Waals surface area contributed by atoms with Crippen LogP contribution in [0.2, 0.25) is 5.02 Å². The standard InChI is InChI=1S/C16H11ClF3N3O2S/c1-7-11-13(21-6-22-14(11)26-12(7)15(24)25-2)23-8-3-4-10(17)9(5-8)16(18,19)20/h3-6H,1-2H3,(H,21,22,23). The van der Waals surface area contributed by atoms with Gasteiger partial charge in [-0.3, -0.25) is 0 Å². The molecule has 0 aliphatic rings. The van der Waals surface area contributed by atoms with E-state index in [9.17, 15) is 18.0 Å². The minimum absolute atomic E-state index is 0.159. The molecule has 26 heavy (non-hydrogen) atoms. The van der Waals surface area contributed by atoms with E-state index in [0.717, 1.165) is 23.5 Å². The van der Waals surface area contributed by atoms with Crippen molar-refractivity contribution in [2.45, 2.75) is 13.1 Å². The first-order chi connectivity index (χ1) is 12.2. The van der Waals surface area contributed by atoms with Crippen molar-refractivity contribution in [2.24, 2.45) is 0 Å². The molecule has 0 unspecified atom stereocenters. The Kier molecular flexibility index (Phi) is 4.76. The van der Waals surface area contributed by atoms with Gasteiger partial charge < -0.3 is 10.1 Å². The van der Waals surface area contributed by atoms with E-state index in [4.69, 9.17) is 16.3 Å². The summed E-state index contributed by atoms with van der Waals surface area (Å²) in [5, 5.41) is 2.99. The number of fused-ring (bicyclic) bond motifs is 1. The highest BCUT2D eigenvalue weighted by Gasteiger charge is 2.33. The summed E-state index contributed by atoms with van der Waals surface area (Å²) in [6.45, 7) is 1.70. The lowest BCUT2D eigenvalue weighted by Crippen LogP contribution is -2.07. The van der Waals surface area contributed by atoms with Crippen LogP contribution in [-0.2, 0) is 10.9 Å². The number of methoxy groups -OCH3 is 1. The number of aromatic nitrogens is 2. The molecule has 0 spiro atoms. The molecule has 0 amide bonds. The number of hydrogen-bond donors (Lipinski definition) is 1. The lowest BCUT2D eigenvalue weighted by Gasteiger charge is -2.12. The van der Waals surface area contributed by atoms with Gasteiger partial charge in [0.05, 0.1) is 23.1 Å². The highest BCUT2D eigenvalue weighted by atomic mass is 35.5. The Labute approximate surface area is 154 Å². The van der Waals surface area contributed by atoms with Crippen LogP contribution in [0.15, 0.2) is 24.5 Å². The van der Waals surface area contributed by atoms with Crippen molar-refractivity contribution in [2.75, 3.05) is 12.4 Å². The summed E-state index contributed by atoms with van der Waals surface area (Å²) in [4.78, 5) is 20.9. The Morgan fingerprint density at radius 2 is 2.04 bits per heavy atom. The zero-order chi connectivity index (χ0) is 19.1. The van der Waals surface area contributed by atoms with E-state index in [1.807, 2.05) is 0 Å². The first-order valence-electron chi connectivity index (χ1n) is 7.18. The molecular formula is C16H11ClF3N3O2S. The zero-order valence-corrected chi connectivity index (χ0v) is 15.0. The summed E-state index contributed by atoms with van der Waals surface area (Å²) in [7, 11) is 1.27. The average Bonchev–Trinajstić information content (AvgIpc) is 2.93. The van der Waals surface area contributed by atoms with E-state index in [1.165, 1.54) is 19.5 Å². The van der Waals surface area contributed by atoms with Crippen LogP contribution in [-0.4, -0.2) is 23.0 Å². The number of thiophene rings is 1. The fourth-order valence-corrected chi connectivity index (χ4v) is 3.70. The molecule has 0 radical (unpaired) electrons. The number of esters is 1. The monoisotopic (exact) mass is 401 g/mol. The summed E-state index contributed by atoms with van der Waals surface area (Å²) < 4.78 is 43.8. The van der Waals surface area contributed by atoms with Gasteiger partial charge in [-0.05, 0) is 30.7 Å². The molecule has 5 nitrogen and oxygen atoms in total. The van der Waals surface area contributed by atoms with Gasteiger partial charge in [0.1, 0.15) is 21.9 Å². The van der Waals surface area contributed by atoms with Crippen LogP contribution in [0.25, 0.3) is 10.2 Å². The second-order valence-corrected chi connectivity index (χ2v) is 6.67. The van der Waals surface area contributed by atoms with Gasteiger partial charge >= 0.3 is 12.1 Å². The summed E-state index contributed by atoms with van der Waals surface area (Å²) in [5.74, 6) is -0.225. The molecule has 3 aromatic rings. The molecule has 2 aromatic heterocycles. The van der Waals surface area contributed by atoms with Crippen LogP contribution >= 0.6 is 22.9 Å². The molecule has 0 saturated carbocycles. The number of alkyl halides is 3. The molecule has 1 N–H and O–H groups in total. The molecule has 0 aliphatic heterocycles. The SMILES string of the molecule is COC(=O)c1sc2ncnc(Nc3ccc(Cl)c(C(F)(F)F)c3)c2c1C. The summed E-state index contributed by atoms with van der Waals surface area (Å²) in [6, 6.07) is 3.47. The van der Waals surface area contributed by atoms with Crippen molar-refractivity contribution >= 4 is 50.6 Å². The van der Waals surface area contributed by atoms with Crippen molar-refractivity contribution in [3.63, 3.8) is 0 Å². The van der Waals surface area contributed by atoms with Crippen LogP contribution in [0.5, 0.6) is 0 Å². The molecule has 136 valence electrons. The number of nitrogens with zero attached hydrogens (tertiary/aromatic N) is 2. The number of carbonyl (C=O) groups is 1. The number of carbonyl (C=O) groups excluding carboxylic acids is 1. The first kappa shape index (κ1) is 18.4. The van der Waals surface area contributed by atoms with E-state index < -0.39 is 22.7 Å². The lowest BCUT2D eigenvalue weighted by molar-refractivity contribution is -0.137. The fraction of sp³-hybridized carbons (Fsp3) is 0.188. The van der Waals surface area contributed by atoms with Crippen molar-refractivity contribution < 1.29 is 22.7 Å². The van der Waals surface area contributed by atoms with Crippen molar-refractivity contribution in [1.29, 1.82) is 0 Å². The molecule has 0 atom stereocenters. The van der Waals surface area contributed by atoms with Gasteiger partial charge in [0, 0.05) is 5.69 Å². The van der Waals surface area contributed by atoms with Crippen LogP contribution in [0.3, 0.4) is 0 Å². The van der Waals surface area contributed by atoms with Crippen LogP contribution in [0.1, 0.15) is 20.8 Å². The normalized spacial score (nSPS) is 11.6. The quantitative estimate of drug-likeness (QED) is 0.611. The summed E-state index contributed by atoms with van der Waals surface area (Å²) in [6.07, 6.45) is -3.31. The predicted molar refractivity (Wildman–Crippen MR) is 93.2 cm³/mol. The molecule has 2 heterocycles. The lowest BCUT2D eigenvalue weighted by atomic mass is 10.1. The highest BCUT2D eigenvalue weighted by Crippen LogP contribution is 2.38. The zero-order valence-electron chi connectivity index (χ0n) is 13.4. The Bertz CT molecular complexity index is 1000. The minimum atomic E-state index is -4.58. The second kappa shape index (κ2) is 6.73. The Balaban J connectivity index is 2.07. The van der Waals surface area contributed by atoms with Gasteiger partial charge in [-0.15, -0.1) is 11.3 Å². The van der Waals surface area contributed by atoms with Crippen molar-refractivity contribution in [3.8, 4) is 0 Å². The minimum Gasteiger partial charge on any atom is -0.465 e. The third-order valence-corrected chi connectivity index (χ3v) is 5.14. The number of nitrogens with one attached hydrogen (secondary N) is 1. The predicted octanol–water partition coefficient (Wildman–Crippen LogP) is 5.20. The van der Waals surface area contributed by atoms with E-state index in [2.05, 4.69) is 15.3 Å². The van der Waals surface area contributed by atoms with Crippen molar-refractivity contribution in [3.05, 3.63) is 45.6 Å². The average molecular weight is 402 g/mol. The molecule has 0 saturated heterocycles. The number of aryl methyl sites for hydroxylation is 1. The van der Waals surface area contributed by atoms with Gasteiger partial charge in [0.2, 0.25) is 0 Å². The molecule has 0 aliphatic carbocycles. The Morgan fingerprint density at radius 1 is 1.31 bits per heavy atom. The van der Waals surface area contributed by atoms with Crippen LogP contribution < -0.4 is 5.32 Å². The van der Waals surface area contributed by atoms with E-state index in [-0.39, 0.29) is 11.5 Å². The number of ether oxygens (including phenoxy) is 1. The van der Waals surface area contributed by atoms with Gasteiger partial charge in [-0.1, -0.05) is 11.6 Å². The maximum atomic E-state index is 13.0. The number of rotatable bonds is 3.